The maximum Gasteiger partial charge on any atom is 0.114 e. The molecule has 0 saturated carbocycles. The Labute approximate surface area is 90.9 Å². The Morgan fingerprint density at radius 2 is 2.07 bits per heavy atom. The van der Waals surface area contributed by atoms with Crippen molar-refractivity contribution in [3.8, 4) is 0 Å². The van der Waals surface area contributed by atoms with E-state index in [2.05, 4.69) is 16.8 Å². The molecule has 0 aliphatic carbocycles. The van der Waals surface area contributed by atoms with E-state index >= 15 is 0 Å². The van der Waals surface area contributed by atoms with Crippen LogP contribution in [0, 0.1) is 0 Å². The maximum atomic E-state index is 8.72. The maximum absolute atomic E-state index is 8.72. The fraction of sp³-hybridized carbons (Fsp3) is 0.333. The molecule has 0 amide bonds. The molecule has 0 atom stereocenters. The molecule has 2 aromatic rings. The molecule has 0 saturated heterocycles. The van der Waals surface area contributed by atoms with Crippen LogP contribution in [0.3, 0.4) is 0 Å². The molecular weight excluding hydrogens is 185 g/mol. The summed E-state index contributed by atoms with van der Waals surface area (Å²) >= 11 is 0. The highest BCUT2D eigenvalue weighted by atomic mass is 16.2. The standard InChI is InChI=1S/C12H14BNO/c13-11-4-3-5-12-10(11)6-8-14(12)7-1-2-9-15/h3-6,8,15H,1-2,7,9H2. The predicted molar refractivity (Wildman–Crippen MR) is 63.6 cm³/mol. The summed E-state index contributed by atoms with van der Waals surface area (Å²) in [4.78, 5) is 0. The molecule has 0 fully saturated rings. The zero-order chi connectivity index (χ0) is 10.7. The van der Waals surface area contributed by atoms with Gasteiger partial charge >= 0.3 is 0 Å². The number of hydrogen-bond acceptors (Lipinski definition) is 1. The fourth-order valence-electron chi connectivity index (χ4n) is 1.84. The smallest absolute Gasteiger partial charge is 0.114 e. The van der Waals surface area contributed by atoms with Gasteiger partial charge in [0.2, 0.25) is 0 Å². The van der Waals surface area contributed by atoms with Gasteiger partial charge in [0.05, 0.1) is 0 Å². The number of rotatable bonds is 4. The summed E-state index contributed by atoms with van der Waals surface area (Å²) in [6, 6.07) is 8.01. The molecule has 0 aliphatic heterocycles. The summed E-state index contributed by atoms with van der Waals surface area (Å²) in [7, 11) is 5.87. The van der Waals surface area contributed by atoms with Gasteiger partial charge in [-0.2, -0.15) is 0 Å². The number of fused-ring (bicyclic) bond motifs is 1. The van der Waals surface area contributed by atoms with Crippen LogP contribution in [0.4, 0.5) is 0 Å². The van der Waals surface area contributed by atoms with Crippen LogP contribution in [0.1, 0.15) is 12.8 Å². The molecule has 2 nitrogen and oxygen atoms in total. The van der Waals surface area contributed by atoms with E-state index in [4.69, 9.17) is 13.0 Å². The molecule has 2 rings (SSSR count). The zero-order valence-corrected chi connectivity index (χ0v) is 8.69. The minimum atomic E-state index is 0.265. The number of aromatic nitrogens is 1. The fourth-order valence-corrected chi connectivity index (χ4v) is 1.84. The van der Waals surface area contributed by atoms with Gasteiger partial charge in [-0.25, -0.2) is 0 Å². The van der Waals surface area contributed by atoms with Crippen LogP contribution in [0.25, 0.3) is 10.9 Å². The van der Waals surface area contributed by atoms with E-state index < -0.39 is 0 Å². The van der Waals surface area contributed by atoms with Crippen molar-refractivity contribution in [2.75, 3.05) is 6.61 Å². The molecule has 15 heavy (non-hydrogen) atoms. The molecule has 3 heteroatoms. The predicted octanol–water partition coefficient (Wildman–Crippen LogP) is 1.21. The van der Waals surface area contributed by atoms with E-state index in [0.29, 0.717) is 0 Å². The van der Waals surface area contributed by atoms with E-state index in [1.54, 1.807) is 0 Å². The first-order valence-corrected chi connectivity index (χ1v) is 5.27. The second-order valence-corrected chi connectivity index (χ2v) is 3.72. The minimum absolute atomic E-state index is 0.265. The van der Waals surface area contributed by atoms with E-state index in [0.717, 1.165) is 30.2 Å². The third kappa shape index (κ3) is 2.07. The van der Waals surface area contributed by atoms with Gasteiger partial charge < -0.3 is 9.67 Å². The van der Waals surface area contributed by atoms with Crippen molar-refractivity contribution in [1.29, 1.82) is 0 Å². The third-order valence-electron chi connectivity index (χ3n) is 2.65. The zero-order valence-electron chi connectivity index (χ0n) is 8.69. The lowest BCUT2D eigenvalue weighted by Gasteiger charge is -2.05. The van der Waals surface area contributed by atoms with Crippen LogP contribution >= 0.6 is 0 Å². The van der Waals surface area contributed by atoms with Crippen molar-refractivity contribution in [3.63, 3.8) is 0 Å². The van der Waals surface area contributed by atoms with Crippen LogP contribution in [0.2, 0.25) is 0 Å². The topological polar surface area (TPSA) is 25.2 Å². The Morgan fingerprint density at radius 3 is 2.87 bits per heavy atom. The van der Waals surface area contributed by atoms with Gasteiger partial charge in [-0.3, -0.25) is 0 Å². The van der Waals surface area contributed by atoms with Crippen LogP contribution in [-0.2, 0) is 6.54 Å². The van der Waals surface area contributed by atoms with Crippen LogP contribution in [0.5, 0.6) is 0 Å². The SMILES string of the molecule is [B]c1cccc2c1ccn2CCCCO. The highest BCUT2D eigenvalue weighted by molar-refractivity contribution is 6.38. The largest absolute Gasteiger partial charge is 0.396 e. The van der Waals surface area contributed by atoms with Gasteiger partial charge in [0.1, 0.15) is 7.85 Å². The normalized spacial score (nSPS) is 11.0. The molecule has 76 valence electrons. The summed E-state index contributed by atoms with van der Waals surface area (Å²) < 4.78 is 2.18. The van der Waals surface area contributed by atoms with E-state index in [-0.39, 0.29) is 6.61 Å². The highest BCUT2D eigenvalue weighted by Crippen LogP contribution is 2.13. The third-order valence-corrected chi connectivity index (χ3v) is 2.65. The van der Waals surface area contributed by atoms with Gasteiger partial charge in [0, 0.05) is 24.9 Å². The van der Waals surface area contributed by atoms with Crippen molar-refractivity contribution in [2.24, 2.45) is 0 Å². The lowest BCUT2D eigenvalue weighted by molar-refractivity contribution is 0.281. The second kappa shape index (κ2) is 4.54. The molecule has 0 aliphatic rings. The van der Waals surface area contributed by atoms with Gasteiger partial charge in [-0.1, -0.05) is 17.6 Å². The van der Waals surface area contributed by atoms with Crippen LogP contribution < -0.4 is 5.46 Å². The Hall–Kier alpha value is -1.22. The summed E-state index contributed by atoms with van der Waals surface area (Å²) in [5.41, 5.74) is 2.00. The first kappa shape index (κ1) is 10.3. The quantitative estimate of drug-likeness (QED) is 0.581. The summed E-state index contributed by atoms with van der Waals surface area (Å²) in [6.07, 6.45) is 3.90. The lowest BCUT2D eigenvalue weighted by atomic mass is 9.93. The minimum Gasteiger partial charge on any atom is -0.396 e. The van der Waals surface area contributed by atoms with Crippen LogP contribution in [0.15, 0.2) is 30.5 Å². The molecule has 0 spiro atoms. The van der Waals surface area contributed by atoms with E-state index in [9.17, 15) is 0 Å². The molecule has 1 aromatic carbocycles. The van der Waals surface area contributed by atoms with Crippen LogP contribution in [-0.4, -0.2) is 24.1 Å². The Bertz CT molecular complexity index is 450. The first-order valence-electron chi connectivity index (χ1n) is 5.27. The van der Waals surface area contributed by atoms with Crippen molar-refractivity contribution in [2.45, 2.75) is 19.4 Å². The number of aliphatic hydroxyl groups is 1. The monoisotopic (exact) mass is 199 g/mol. The number of unbranched alkanes of at least 4 members (excludes halogenated alkanes) is 1. The number of aliphatic hydroxyl groups excluding tert-OH is 1. The summed E-state index contributed by atoms with van der Waals surface area (Å²) in [5.74, 6) is 0. The Morgan fingerprint density at radius 1 is 1.20 bits per heavy atom. The molecule has 1 aromatic heterocycles. The van der Waals surface area contributed by atoms with Crippen molar-refractivity contribution in [1.82, 2.24) is 4.57 Å². The number of aryl methyl sites for hydroxylation is 1. The van der Waals surface area contributed by atoms with E-state index in [1.807, 2.05) is 18.2 Å². The molecule has 0 unspecified atom stereocenters. The van der Waals surface area contributed by atoms with Gasteiger partial charge in [-0.15, -0.1) is 0 Å². The highest BCUT2D eigenvalue weighted by Gasteiger charge is 2.01. The van der Waals surface area contributed by atoms with Crippen molar-refractivity contribution >= 4 is 24.2 Å². The summed E-state index contributed by atoms with van der Waals surface area (Å²) in [5, 5.41) is 9.84. The number of hydrogen-bond donors (Lipinski definition) is 1. The summed E-state index contributed by atoms with van der Waals surface area (Å²) in [6.45, 7) is 1.20. The lowest BCUT2D eigenvalue weighted by Crippen LogP contribution is -2.03. The molecule has 1 N–H and O–H groups in total. The molecule has 0 bridgehead atoms. The van der Waals surface area contributed by atoms with Crippen molar-refractivity contribution < 1.29 is 5.11 Å². The van der Waals surface area contributed by atoms with Gasteiger partial charge in [-0.05, 0) is 30.4 Å². The number of benzene rings is 1. The molecular formula is C12H14BNO. The average molecular weight is 199 g/mol. The van der Waals surface area contributed by atoms with E-state index in [1.165, 1.54) is 5.52 Å². The first-order chi connectivity index (χ1) is 7.33. The van der Waals surface area contributed by atoms with Gasteiger partial charge in [0.25, 0.3) is 0 Å². The second-order valence-electron chi connectivity index (χ2n) is 3.72. The average Bonchev–Trinajstić information content (AvgIpc) is 2.64. The Kier molecular flexibility index (Phi) is 3.12. The molecule has 2 radical (unpaired) electrons. The Balaban J connectivity index is 2.25. The van der Waals surface area contributed by atoms with Gasteiger partial charge in [0.15, 0.2) is 0 Å². The number of nitrogens with zero attached hydrogens (tertiary/aromatic N) is 1. The van der Waals surface area contributed by atoms with Crippen molar-refractivity contribution in [3.05, 3.63) is 30.5 Å². The molecule has 1 heterocycles.